The third-order valence-corrected chi connectivity index (χ3v) is 10.4. The lowest BCUT2D eigenvalue weighted by Crippen LogP contribution is -2.44. The van der Waals surface area contributed by atoms with Crippen LogP contribution in [0.4, 0.5) is 5.69 Å². The molecule has 0 fully saturated rings. The number of aliphatic imine (C=N–C) groups is 1. The van der Waals surface area contributed by atoms with Crippen molar-refractivity contribution in [1.82, 2.24) is 10.6 Å². The first-order valence-electron chi connectivity index (χ1n) is 16.1. The number of thioether (sulfide) groups is 1. The van der Waals surface area contributed by atoms with Gasteiger partial charge in [0.1, 0.15) is 23.5 Å². The van der Waals surface area contributed by atoms with Gasteiger partial charge in [-0.2, -0.15) is 0 Å². The van der Waals surface area contributed by atoms with Gasteiger partial charge in [-0.05, 0) is 56.1 Å². The van der Waals surface area contributed by atoms with Gasteiger partial charge in [0.05, 0.1) is 5.69 Å². The first kappa shape index (κ1) is 27.9. The van der Waals surface area contributed by atoms with Gasteiger partial charge in [0.2, 0.25) is 0 Å². The summed E-state index contributed by atoms with van der Waals surface area (Å²) in [5, 5.41) is 16.6. The van der Waals surface area contributed by atoms with E-state index in [1.165, 1.54) is 54.4 Å². The number of fused-ring (bicyclic) bond motifs is 5. The van der Waals surface area contributed by atoms with E-state index in [-0.39, 0.29) is 17.7 Å². The van der Waals surface area contributed by atoms with E-state index in [0.29, 0.717) is 0 Å². The molecular formula is C42H32N4S. The SMILES string of the molecule is c1ccc(C2=NC(c3ccc(-c4ccccc4)cc3)NC(c3ccc4c(ccc5ccc6c(c54)NC(c4ccccc4)S6)c3)N2)cc1. The van der Waals surface area contributed by atoms with Crippen LogP contribution in [0.1, 0.15) is 40.0 Å². The molecule has 9 rings (SSSR count). The largest absolute Gasteiger partial charge is 0.368 e. The zero-order valence-electron chi connectivity index (χ0n) is 25.6. The van der Waals surface area contributed by atoms with Crippen molar-refractivity contribution in [3.05, 3.63) is 180 Å². The molecule has 3 atom stereocenters. The highest BCUT2D eigenvalue weighted by atomic mass is 32.2. The van der Waals surface area contributed by atoms with Gasteiger partial charge in [-0.3, -0.25) is 5.32 Å². The van der Waals surface area contributed by atoms with E-state index in [2.05, 4.69) is 168 Å². The minimum atomic E-state index is -0.201. The lowest BCUT2D eigenvalue weighted by atomic mass is 9.97. The summed E-state index contributed by atoms with van der Waals surface area (Å²) in [5.74, 6) is 0.885. The van der Waals surface area contributed by atoms with E-state index in [9.17, 15) is 0 Å². The van der Waals surface area contributed by atoms with Crippen LogP contribution >= 0.6 is 11.8 Å². The second-order valence-electron chi connectivity index (χ2n) is 12.1. The average molecular weight is 625 g/mol. The third-order valence-electron chi connectivity index (χ3n) is 9.19. The summed E-state index contributed by atoms with van der Waals surface area (Å²) in [5.41, 5.74) is 8.30. The number of anilines is 1. The molecule has 2 aliphatic rings. The van der Waals surface area contributed by atoms with Crippen LogP contribution in [0.15, 0.2) is 168 Å². The van der Waals surface area contributed by atoms with E-state index in [1.54, 1.807) is 0 Å². The number of hydrogen-bond acceptors (Lipinski definition) is 5. The molecule has 0 saturated carbocycles. The summed E-state index contributed by atoms with van der Waals surface area (Å²) in [6.45, 7) is 0. The zero-order valence-corrected chi connectivity index (χ0v) is 26.4. The molecule has 0 aliphatic carbocycles. The molecule has 0 saturated heterocycles. The van der Waals surface area contributed by atoms with Gasteiger partial charge < -0.3 is 10.6 Å². The summed E-state index contributed by atoms with van der Waals surface area (Å²) < 4.78 is 0. The molecule has 0 amide bonds. The molecule has 7 aromatic carbocycles. The monoisotopic (exact) mass is 624 g/mol. The number of amidine groups is 1. The molecule has 2 heterocycles. The highest BCUT2D eigenvalue weighted by Gasteiger charge is 2.27. The Hall–Kier alpha value is -5.36. The fraction of sp³-hybridized carbons (Fsp3) is 0.0714. The highest BCUT2D eigenvalue weighted by molar-refractivity contribution is 8.00. The molecule has 5 heteroatoms. The molecular weight excluding hydrogens is 593 g/mol. The molecule has 0 radical (unpaired) electrons. The Labute approximate surface area is 278 Å². The standard InChI is InChI=1S/C42H32N4S/c1-4-10-27(11-5-1)28-16-19-31(20-17-28)40-44-39(30-12-6-2-7-13-30)45-41(46-40)34-22-24-35-33(26-34)21-18-29-23-25-36-38(37(29)35)43-42(47-36)32-14-8-3-9-15-32/h1-26,40-43,46H,(H,44,45). The fourth-order valence-corrected chi connectivity index (χ4v) is 7.92. The maximum atomic E-state index is 5.16. The van der Waals surface area contributed by atoms with Crippen molar-refractivity contribution in [2.45, 2.75) is 22.6 Å². The van der Waals surface area contributed by atoms with Crippen LogP contribution in [-0.2, 0) is 0 Å². The van der Waals surface area contributed by atoms with Crippen LogP contribution in [0.25, 0.3) is 32.7 Å². The van der Waals surface area contributed by atoms with E-state index in [4.69, 9.17) is 4.99 Å². The Morgan fingerprint density at radius 3 is 1.91 bits per heavy atom. The quantitative estimate of drug-likeness (QED) is 0.167. The lowest BCUT2D eigenvalue weighted by Gasteiger charge is -2.32. The van der Waals surface area contributed by atoms with Gasteiger partial charge in [0.25, 0.3) is 0 Å². The van der Waals surface area contributed by atoms with Crippen molar-refractivity contribution in [2.75, 3.05) is 5.32 Å². The van der Waals surface area contributed by atoms with Crippen LogP contribution in [-0.4, -0.2) is 5.84 Å². The number of nitrogens with zero attached hydrogens (tertiary/aromatic N) is 1. The summed E-state index contributed by atoms with van der Waals surface area (Å²) in [4.78, 5) is 6.45. The summed E-state index contributed by atoms with van der Waals surface area (Å²) in [6.07, 6.45) is -0.327. The third kappa shape index (κ3) is 5.24. The minimum absolute atomic E-state index is 0.126. The van der Waals surface area contributed by atoms with Crippen LogP contribution in [0.3, 0.4) is 0 Å². The maximum Gasteiger partial charge on any atom is 0.131 e. The van der Waals surface area contributed by atoms with Crippen molar-refractivity contribution in [3.63, 3.8) is 0 Å². The predicted molar refractivity (Wildman–Crippen MR) is 197 cm³/mol. The number of benzene rings is 7. The molecule has 3 unspecified atom stereocenters. The van der Waals surface area contributed by atoms with Crippen LogP contribution in [0.5, 0.6) is 0 Å². The zero-order chi connectivity index (χ0) is 31.2. The van der Waals surface area contributed by atoms with Crippen molar-refractivity contribution in [2.24, 2.45) is 4.99 Å². The molecule has 3 N–H and O–H groups in total. The van der Waals surface area contributed by atoms with Gasteiger partial charge in [-0.1, -0.05) is 157 Å². The summed E-state index contributed by atoms with van der Waals surface area (Å²) >= 11 is 1.89. The fourth-order valence-electron chi connectivity index (χ4n) is 6.78. The second kappa shape index (κ2) is 11.8. The van der Waals surface area contributed by atoms with Gasteiger partial charge in [0.15, 0.2) is 0 Å². The van der Waals surface area contributed by atoms with E-state index < -0.39 is 0 Å². The van der Waals surface area contributed by atoms with Crippen molar-refractivity contribution in [1.29, 1.82) is 0 Å². The number of rotatable bonds is 5. The minimum Gasteiger partial charge on any atom is -0.368 e. The van der Waals surface area contributed by atoms with Gasteiger partial charge in [0, 0.05) is 15.8 Å². The van der Waals surface area contributed by atoms with E-state index in [1.807, 2.05) is 17.8 Å². The average Bonchev–Trinajstić information content (AvgIpc) is 3.60. The molecule has 4 nitrogen and oxygen atoms in total. The van der Waals surface area contributed by atoms with E-state index >= 15 is 0 Å². The Morgan fingerprint density at radius 2 is 1.15 bits per heavy atom. The highest BCUT2D eigenvalue weighted by Crippen LogP contribution is 2.50. The Morgan fingerprint density at radius 1 is 0.511 bits per heavy atom. The van der Waals surface area contributed by atoms with Crippen LogP contribution in [0, 0.1) is 0 Å². The molecule has 0 aromatic heterocycles. The summed E-state index contributed by atoms with van der Waals surface area (Å²) in [6, 6.07) is 56.2. The van der Waals surface area contributed by atoms with Crippen LogP contribution in [0.2, 0.25) is 0 Å². The van der Waals surface area contributed by atoms with Gasteiger partial charge in [-0.25, -0.2) is 4.99 Å². The van der Waals surface area contributed by atoms with Crippen molar-refractivity contribution < 1.29 is 0 Å². The van der Waals surface area contributed by atoms with Gasteiger partial charge in [-0.15, -0.1) is 0 Å². The maximum absolute atomic E-state index is 5.16. The smallest absolute Gasteiger partial charge is 0.131 e. The lowest BCUT2D eigenvalue weighted by molar-refractivity contribution is 0.409. The predicted octanol–water partition coefficient (Wildman–Crippen LogP) is 10.2. The van der Waals surface area contributed by atoms with E-state index in [0.717, 1.165) is 17.0 Å². The first-order chi connectivity index (χ1) is 23.3. The second-order valence-corrected chi connectivity index (χ2v) is 13.3. The normalized spacial score (nSPS) is 18.7. The Balaban J connectivity index is 1.07. The van der Waals surface area contributed by atoms with Crippen molar-refractivity contribution >= 4 is 44.8 Å². The molecule has 0 spiro atoms. The number of hydrogen-bond donors (Lipinski definition) is 3. The molecule has 2 aliphatic heterocycles. The topological polar surface area (TPSA) is 48.5 Å². The molecule has 7 aromatic rings. The first-order valence-corrected chi connectivity index (χ1v) is 16.9. The molecule has 47 heavy (non-hydrogen) atoms. The van der Waals surface area contributed by atoms with Crippen LogP contribution < -0.4 is 16.0 Å². The molecule has 226 valence electrons. The Bertz CT molecular complexity index is 2250. The van der Waals surface area contributed by atoms with Gasteiger partial charge >= 0.3 is 0 Å². The summed E-state index contributed by atoms with van der Waals surface area (Å²) in [7, 11) is 0. The van der Waals surface area contributed by atoms with Crippen molar-refractivity contribution in [3.8, 4) is 11.1 Å². The number of nitrogens with one attached hydrogen (secondary N) is 3. The molecule has 0 bridgehead atoms. The Kier molecular flexibility index (Phi) is 6.99.